The van der Waals surface area contributed by atoms with Gasteiger partial charge in [0.15, 0.2) is 17.7 Å². The summed E-state index contributed by atoms with van der Waals surface area (Å²) < 4.78 is 46.7. The molecule has 43 heavy (non-hydrogen) atoms. The maximum atomic E-state index is 13.2. The van der Waals surface area contributed by atoms with Gasteiger partial charge in [0, 0.05) is 23.1 Å². The molecule has 0 spiro atoms. The van der Waals surface area contributed by atoms with Crippen LogP contribution in [-0.4, -0.2) is 50.8 Å². The van der Waals surface area contributed by atoms with Crippen LogP contribution in [0.15, 0.2) is 55.0 Å². The van der Waals surface area contributed by atoms with Gasteiger partial charge in [-0.2, -0.15) is 4.98 Å². The summed E-state index contributed by atoms with van der Waals surface area (Å²) in [6.07, 6.45) is -2.95. The lowest BCUT2D eigenvalue weighted by Crippen LogP contribution is -2.46. The lowest BCUT2D eigenvalue weighted by molar-refractivity contribution is -0.0989. The molecular formula is C27H33ClN3O11P. The number of phosphoric ester groups is 1. The molecule has 2 fully saturated rings. The molecule has 1 unspecified atom stereocenters. The molecule has 14 nitrogen and oxygen atoms in total. The van der Waals surface area contributed by atoms with Gasteiger partial charge in [0.1, 0.15) is 23.6 Å². The Bertz CT molecular complexity index is 1630. The number of aliphatic hydroxyl groups excluding tert-OH is 1. The molecule has 5 rings (SSSR count). The second kappa shape index (κ2) is 11.9. The fourth-order valence-corrected chi connectivity index (χ4v) is 6.50. The minimum absolute atomic E-state index is 0.0208. The number of aliphatic hydroxyl groups is 2. The van der Waals surface area contributed by atoms with Crippen LogP contribution in [0.4, 0.5) is 5.82 Å². The van der Waals surface area contributed by atoms with Crippen molar-refractivity contribution in [3.05, 3.63) is 79.7 Å². The predicted octanol–water partition coefficient (Wildman–Crippen LogP) is 3.66. The molecule has 2 aliphatic rings. The molecule has 0 aliphatic carbocycles. The Morgan fingerprint density at radius 2 is 2.02 bits per heavy atom. The van der Waals surface area contributed by atoms with Crippen molar-refractivity contribution in [2.24, 2.45) is 0 Å². The number of nitrogens with one attached hydrogen (secondary N) is 1. The third-order valence-corrected chi connectivity index (χ3v) is 8.81. The fourth-order valence-electron chi connectivity index (χ4n) is 4.91. The smallest absolute Gasteiger partial charge is 0.395 e. The highest BCUT2D eigenvalue weighted by Gasteiger charge is 2.54. The van der Waals surface area contributed by atoms with E-state index in [0.29, 0.717) is 22.8 Å². The highest BCUT2D eigenvalue weighted by Crippen LogP contribution is 2.57. The fraction of sp³-hybridized carbons (Fsp3) is 0.519. The zero-order valence-electron chi connectivity index (χ0n) is 23.9. The van der Waals surface area contributed by atoms with Crippen LogP contribution < -0.4 is 16.8 Å². The number of hydrogen-bond acceptors (Lipinski definition) is 13. The second-order valence-corrected chi connectivity index (χ2v) is 13.6. The van der Waals surface area contributed by atoms with E-state index in [-0.39, 0.29) is 24.7 Å². The number of rotatable bonds is 8. The minimum Gasteiger partial charge on any atom is -0.395 e. The number of benzene rings is 1. The summed E-state index contributed by atoms with van der Waals surface area (Å²) in [5.41, 5.74) is -2.55. The van der Waals surface area contributed by atoms with Gasteiger partial charge in [0.25, 0.3) is 0 Å². The van der Waals surface area contributed by atoms with Crippen molar-refractivity contribution in [3.63, 3.8) is 0 Å². The third-order valence-electron chi connectivity index (χ3n) is 7.10. The maximum absolute atomic E-state index is 13.2. The van der Waals surface area contributed by atoms with E-state index >= 15 is 0 Å². The monoisotopic (exact) mass is 641 g/mol. The Morgan fingerprint density at radius 1 is 1.26 bits per heavy atom. The topological polar surface area (TPSA) is 185 Å². The van der Waals surface area contributed by atoms with Crippen molar-refractivity contribution in [1.29, 1.82) is 0 Å². The van der Waals surface area contributed by atoms with Crippen LogP contribution in [0.5, 0.6) is 0 Å². The van der Waals surface area contributed by atoms with Gasteiger partial charge in [0.2, 0.25) is 0 Å². The summed E-state index contributed by atoms with van der Waals surface area (Å²) >= 11 is 6.07. The molecule has 2 saturated heterocycles. The zero-order valence-corrected chi connectivity index (χ0v) is 25.5. The van der Waals surface area contributed by atoms with Crippen LogP contribution in [-0.2, 0) is 34.8 Å². The molecule has 0 radical (unpaired) electrons. The van der Waals surface area contributed by atoms with E-state index in [9.17, 15) is 24.4 Å². The first-order chi connectivity index (χ1) is 20.2. The molecule has 3 N–H and O–H groups in total. The van der Waals surface area contributed by atoms with Crippen molar-refractivity contribution in [3.8, 4) is 0 Å². The summed E-state index contributed by atoms with van der Waals surface area (Å²) in [6, 6.07) is 8.37. The molecule has 1 aromatic carbocycles. The molecule has 0 bridgehead atoms. The predicted molar refractivity (Wildman–Crippen MR) is 152 cm³/mol. The lowest BCUT2D eigenvalue weighted by atomic mass is 9.92. The molecule has 2 aliphatic heterocycles. The first kappa shape index (κ1) is 31.6. The highest BCUT2D eigenvalue weighted by atomic mass is 35.5. The summed E-state index contributed by atoms with van der Waals surface area (Å²) in [6.45, 7) is 6.50. The van der Waals surface area contributed by atoms with Crippen molar-refractivity contribution in [1.82, 2.24) is 9.55 Å². The molecular weight excluding hydrogens is 609 g/mol. The van der Waals surface area contributed by atoms with Gasteiger partial charge in [-0.1, -0.05) is 44.5 Å². The van der Waals surface area contributed by atoms with Crippen LogP contribution in [0, 0.1) is 0 Å². The number of ether oxygens (including phenoxy) is 1. The van der Waals surface area contributed by atoms with Crippen LogP contribution in [0.3, 0.4) is 0 Å². The number of halogens is 1. The number of hydrogen-bond donors (Lipinski definition) is 3. The molecule has 6 atom stereocenters. The van der Waals surface area contributed by atoms with Crippen LogP contribution in [0.1, 0.15) is 63.5 Å². The largest absolute Gasteiger partial charge is 0.519 e. The van der Waals surface area contributed by atoms with Gasteiger partial charge >= 0.3 is 19.3 Å². The van der Waals surface area contributed by atoms with Gasteiger partial charge in [-0.25, -0.2) is 14.2 Å². The average molecular weight is 642 g/mol. The zero-order chi connectivity index (χ0) is 31.2. The van der Waals surface area contributed by atoms with Gasteiger partial charge < -0.3 is 29.1 Å². The summed E-state index contributed by atoms with van der Waals surface area (Å²) in [5, 5.41) is 25.3. The quantitative estimate of drug-likeness (QED) is 0.303. The van der Waals surface area contributed by atoms with E-state index in [1.807, 2.05) is 20.8 Å². The molecule has 0 amide bonds. The number of anilines is 1. The molecule has 4 heterocycles. The van der Waals surface area contributed by atoms with Gasteiger partial charge in [-0.15, -0.1) is 0 Å². The minimum atomic E-state index is -4.06. The second-order valence-electron chi connectivity index (χ2n) is 11.5. The number of nitrogens with zero attached hydrogens (tertiary/aromatic N) is 2. The van der Waals surface area contributed by atoms with Crippen molar-refractivity contribution in [2.75, 3.05) is 18.5 Å². The lowest BCUT2D eigenvalue weighted by Gasteiger charge is -2.30. The third kappa shape index (κ3) is 6.81. The first-order valence-electron chi connectivity index (χ1n) is 13.5. The molecule has 16 heteroatoms. The SMILES string of the molecule is CC(C)(C)c1oc(=O)oc1CNc1ccn([C@@H]2O[C@H](COP3(=O)OCC[C@@H](c4cccc(Cl)c4)O3)[C@@H](O)[C@@]2(C)O)c(=O)n1. The van der Waals surface area contributed by atoms with Crippen molar-refractivity contribution < 1.29 is 41.9 Å². The molecule has 234 valence electrons. The van der Waals surface area contributed by atoms with Crippen molar-refractivity contribution in [2.45, 2.75) is 76.2 Å². The Hall–Kier alpha value is -2.81. The number of aromatic nitrogens is 2. The summed E-state index contributed by atoms with van der Waals surface area (Å²) in [7, 11) is -4.06. The van der Waals surface area contributed by atoms with Crippen molar-refractivity contribution >= 4 is 25.2 Å². The Labute approximate surface area is 251 Å². The summed E-state index contributed by atoms with van der Waals surface area (Å²) in [5.74, 6) is -0.0556. The van der Waals surface area contributed by atoms with Crippen LogP contribution >= 0.6 is 19.4 Å². The molecule has 2 aromatic heterocycles. The van der Waals surface area contributed by atoms with E-state index < -0.39 is 61.5 Å². The van der Waals surface area contributed by atoms with Crippen LogP contribution in [0.25, 0.3) is 0 Å². The Balaban J connectivity index is 1.25. The van der Waals surface area contributed by atoms with Gasteiger partial charge in [-0.3, -0.25) is 18.1 Å². The Kier molecular flexibility index (Phi) is 8.78. The Morgan fingerprint density at radius 3 is 2.72 bits per heavy atom. The van der Waals surface area contributed by atoms with E-state index in [1.165, 1.54) is 19.2 Å². The van der Waals surface area contributed by atoms with E-state index in [0.717, 1.165) is 4.57 Å². The van der Waals surface area contributed by atoms with E-state index in [2.05, 4.69) is 10.3 Å². The van der Waals surface area contributed by atoms with E-state index in [4.69, 9.17) is 38.7 Å². The van der Waals surface area contributed by atoms with Gasteiger partial charge in [0.05, 0.1) is 25.9 Å². The molecule has 0 saturated carbocycles. The maximum Gasteiger partial charge on any atom is 0.519 e. The summed E-state index contributed by atoms with van der Waals surface area (Å²) in [4.78, 5) is 28.5. The average Bonchev–Trinajstić information content (AvgIpc) is 3.43. The highest BCUT2D eigenvalue weighted by molar-refractivity contribution is 7.48. The van der Waals surface area contributed by atoms with Gasteiger partial charge in [-0.05, 0) is 30.7 Å². The normalized spacial score (nSPS) is 29.6. The first-order valence-corrected chi connectivity index (χ1v) is 15.4. The standard InChI is InChI=1S/C27H33ClN3O11P/c1-26(2,3)22-18(40-25(34)41-22)13-29-20-8-10-31(24(33)30-20)23-27(4,35)21(32)19(39-23)14-38-43(36)37-11-9-17(42-43)15-6-5-7-16(28)12-15/h5-8,10,12,17,19,21,23,32,35H,9,11,13-14H2,1-4H3,(H,29,30,33)/t17-,19+,21+,23+,27+,43?/m0/s1. The van der Waals surface area contributed by atoms with Crippen LogP contribution in [0.2, 0.25) is 5.02 Å². The molecule has 3 aromatic rings. The number of phosphoric acid groups is 1. The van der Waals surface area contributed by atoms with E-state index in [1.54, 1.807) is 24.3 Å².